The molecule has 6 aliphatic heterocycles. The Bertz CT molecular complexity index is 9190. The quantitative estimate of drug-likeness (QED) is 0.125. The molecule has 15 aromatic carbocycles. The van der Waals surface area contributed by atoms with E-state index in [1.54, 1.807) is 0 Å². The van der Waals surface area contributed by atoms with E-state index in [-0.39, 0.29) is 110 Å². The van der Waals surface area contributed by atoms with E-state index < -0.39 is 0 Å². The predicted molar refractivity (Wildman–Crippen MR) is 524 cm³/mol. The van der Waals surface area contributed by atoms with E-state index in [9.17, 15) is 0 Å². The first-order valence-electron chi connectivity index (χ1n) is 47.8. The van der Waals surface area contributed by atoms with Crippen LogP contribution in [0.15, 0.2) is 328 Å². The van der Waals surface area contributed by atoms with Crippen molar-refractivity contribution in [2.75, 3.05) is 0 Å². The van der Waals surface area contributed by atoms with Crippen LogP contribution in [0.3, 0.4) is 0 Å². The van der Waals surface area contributed by atoms with Crippen molar-refractivity contribution in [1.82, 2.24) is 27.4 Å². The van der Waals surface area contributed by atoms with E-state index in [4.69, 9.17) is 0 Å². The SMILES string of the molecule is [U+2].[U+2].[U+2].[c-]1ccccc1-c1[c-]c2c3c(c1)-n1c4ccccc4c4ccc5c(c41)C3(C1CCCC21)[n+]1cccc2c3ccccc3n-5c21.[c-]1ccccc1-c1[c-]c2c3c(c1)C1CCCC1C31c3c(ccc4c5ccccc5n-2c34)-n2c3ccccc3c3ccc[n+]1c32.[c-]1ccccc1-c1[c-]cc2c3c1-n1c4ccccc4c4ccc5c(c41)C3(C1CCCC21)[n+]1cccc2c3ccccc3n-5c21. The van der Waals surface area contributed by atoms with Gasteiger partial charge in [0.15, 0.2) is 5.54 Å². The van der Waals surface area contributed by atoms with Gasteiger partial charge in [-0.2, -0.15) is 123 Å². The number of hydrogen-bond donors (Lipinski definition) is 0. The first kappa shape index (κ1) is 77.9. The predicted octanol–water partition coefficient (Wildman–Crippen LogP) is 26.3. The number of rotatable bonds is 3. The molecule has 3 saturated carbocycles. The smallest absolute Gasteiger partial charge is 0.359 e. The Kier molecular flexibility index (Phi) is 15.8. The van der Waals surface area contributed by atoms with Gasteiger partial charge in [0.2, 0.25) is 0 Å². The molecule has 135 heavy (non-hydrogen) atoms. The molecule has 0 N–H and O–H groups in total. The molecule has 9 nitrogen and oxygen atoms in total. The van der Waals surface area contributed by atoms with E-state index in [1.807, 2.05) is 18.2 Å². The summed E-state index contributed by atoms with van der Waals surface area (Å²) in [6.07, 6.45) is 18.4. The minimum atomic E-state index is -0.298. The van der Waals surface area contributed by atoms with E-state index in [0.717, 1.165) is 33.4 Å². The summed E-state index contributed by atoms with van der Waals surface area (Å²) in [4.78, 5) is 0. The maximum Gasteiger partial charge on any atom is 2.00 e. The van der Waals surface area contributed by atoms with Crippen LogP contribution in [0.2, 0.25) is 0 Å². The van der Waals surface area contributed by atoms with Crippen molar-refractivity contribution in [1.29, 1.82) is 0 Å². The number of aromatic nitrogens is 9. The first-order chi connectivity index (χ1) is 65.6. The minimum absolute atomic E-state index is 0. The summed E-state index contributed by atoms with van der Waals surface area (Å²) in [5.74, 6) is 2.95. The van der Waals surface area contributed by atoms with Crippen LogP contribution >= 0.6 is 0 Å². The molecule has 36 rings (SSSR count). The number of hydrogen-bond acceptors (Lipinski definition) is 0. The molecule has 6 aliphatic carbocycles. The average molecular weight is 2400 g/mol. The van der Waals surface area contributed by atoms with E-state index in [2.05, 4.69) is 387 Å². The molecule has 12 aliphatic rings. The van der Waals surface area contributed by atoms with Gasteiger partial charge in [-0.25, -0.2) is 47.1 Å². The topological polar surface area (TPSA) is 41.2 Å². The zero-order valence-corrected chi connectivity index (χ0v) is 86.0. The van der Waals surface area contributed by atoms with Crippen LogP contribution in [-0.2, 0) is 16.6 Å². The van der Waals surface area contributed by atoms with Gasteiger partial charge in [0, 0.05) is 71.7 Å². The van der Waals surface area contributed by atoms with Crippen LogP contribution < -0.4 is 13.7 Å². The van der Waals surface area contributed by atoms with Crippen molar-refractivity contribution in [2.24, 2.45) is 17.8 Å². The number of benzene rings is 15. The van der Waals surface area contributed by atoms with Crippen LogP contribution in [-0.4, -0.2) is 27.4 Å². The summed E-state index contributed by atoms with van der Waals surface area (Å²) in [5, 5.41) is 15.9. The van der Waals surface area contributed by atoms with Gasteiger partial charge in [-0.05, 0) is 189 Å². The van der Waals surface area contributed by atoms with Gasteiger partial charge in [-0.1, -0.05) is 139 Å². The van der Waals surface area contributed by atoms with Crippen molar-refractivity contribution < 1.29 is 107 Å². The van der Waals surface area contributed by atoms with Crippen molar-refractivity contribution >= 4 is 131 Å². The molecule has 12 heteroatoms. The molecule has 0 saturated heterocycles. The summed E-state index contributed by atoms with van der Waals surface area (Å²) in [5.41, 5.74) is 42.8. The molecule has 624 valence electrons. The normalized spacial score (nSPS) is 21.4. The van der Waals surface area contributed by atoms with Crippen molar-refractivity contribution in [3.05, 3.63) is 414 Å². The van der Waals surface area contributed by atoms with Crippen LogP contribution in [0, 0.1) is 147 Å². The molecule has 9 atom stereocenters. The number of pyridine rings is 3. The second-order valence-corrected chi connectivity index (χ2v) is 39.7. The van der Waals surface area contributed by atoms with Crippen LogP contribution in [0.5, 0.6) is 0 Å². The van der Waals surface area contributed by atoms with Crippen molar-refractivity contribution in [3.63, 3.8) is 0 Å². The molecule has 3 spiro atoms. The van der Waals surface area contributed by atoms with Crippen LogP contribution in [0.4, 0.5) is 0 Å². The maximum absolute atomic E-state index is 4.08. The third-order valence-electron chi connectivity index (χ3n) is 34.7. The summed E-state index contributed by atoms with van der Waals surface area (Å²) < 4.78 is 23.7. The van der Waals surface area contributed by atoms with Gasteiger partial charge in [0.05, 0.1) is 79.0 Å². The van der Waals surface area contributed by atoms with Gasteiger partial charge in [-0.3, -0.25) is 0 Å². The van der Waals surface area contributed by atoms with Crippen molar-refractivity contribution in [2.45, 2.75) is 92.2 Å². The molecule has 9 aromatic heterocycles. The Morgan fingerprint density at radius 2 is 0.637 bits per heavy atom. The Hall–Kier alpha value is -12.3. The number of fused-ring (bicyclic) bond motifs is 30. The fraction of sp³-hybridized carbons (Fsp3) is 0.146. The maximum atomic E-state index is 4.08. The summed E-state index contributed by atoms with van der Waals surface area (Å²) in [7, 11) is 0. The molecule has 0 amide bonds. The van der Waals surface area contributed by atoms with Gasteiger partial charge < -0.3 is 13.7 Å². The molecule has 3 fully saturated rings. The third-order valence-corrected chi connectivity index (χ3v) is 34.7. The molecule has 0 radical (unpaired) electrons. The first-order valence-corrected chi connectivity index (χ1v) is 47.8. The fourth-order valence-corrected chi connectivity index (χ4v) is 30.7. The minimum Gasteiger partial charge on any atom is -0.359 e. The third kappa shape index (κ3) is 8.94. The molecular formula is C123H78N9U3+3. The van der Waals surface area contributed by atoms with Gasteiger partial charge in [0.25, 0.3) is 16.9 Å². The Labute approximate surface area is 848 Å². The number of para-hydroxylation sites is 6. The Morgan fingerprint density at radius 3 is 1.11 bits per heavy atom. The summed E-state index contributed by atoms with van der Waals surface area (Å²) >= 11 is 0. The standard InChI is InChI=1S/3C41H26N3.3U/c1-2-10-24(11-3-1)25-19-20-29-26-14-8-16-32(26)41-36(29)38(25)44-34-18-7-4-12-27(34)30-21-22-35(37(41)39(30)44)43-33-17-6-5-13-28(33)31-15-9-23-42(41)40(31)43;2*1-2-10-24(11-3-1)25-22-31-26-14-8-16-32(26)41-37(31)36(23-25)43-33-17-6-4-12-27(33)29-19-20-35(38(41)39(29)43)44-34-18-7-5-13-28(34)30-15-9-21-42(41)40(30)44;;;/h1-7,9-10,12-13,15,17-18,20-23,26,32H,8,14,16H2;1-7,9-10,12-13,15,17-21,23,26,32H,8,14,16H2;1-7,9-10,12-13,15,17-22,26,32H,8,14,16H2;;;/q3*-1;3*+2. The summed E-state index contributed by atoms with van der Waals surface area (Å²) in [6.45, 7) is 0. The van der Waals surface area contributed by atoms with E-state index >= 15 is 0 Å². The molecule has 9 unspecified atom stereocenters. The second-order valence-electron chi connectivity index (χ2n) is 39.7. The summed E-state index contributed by atoms with van der Waals surface area (Å²) in [6, 6.07) is 138. The largest absolute Gasteiger partial charge is 2.00 e. The van der Waals surface area contributed by atoms with Crippen molar-refractivity contribution in [3.8, 4) is 67.5 Å². The molecule has 24 aromatic rings. The average Bonchev–Trinajstić information content (AvgIpc) is 1.48. The fourth-order valence-electron chi connectivity index (χ4n) is 30.7. The number of nitrogens with zero attached hydrogens (tertiary/aromatic N) is 9. The molecule has 15 heterocycles. The van der Waals surface area contributed by atoms with E-state index in [0.29, 0.717) is 35.5 Å². The van der Waals surface area contributed by atoms with Crippen LogP contribution in [0.25, 0.3) is 199 Å². The zero-order chi connectivity index (χ0) is 84.9. The monoisotopic (exact) mass is 2390 g/mol. The Morgan fingerprint density at radius 1 is 0.267 bits per heavy atom. The zero-order valence-electron chi connectivity index (χ0n) is 73.5. The molecule has 0 bridgehead atoms. The van der Waals surface area contributed by atoms with Gasteiger partial charge in [0.1, 0.15) is 44.7 Å². The molecular weight excluding hydrogens is 2320 g/mol. The Balaban J connectivity index is 0.0000000935. The van der Waals surface area contributed by atoms with Crippen LogP contribution in [0.1, 0.15) is 126 Å². The van der Waals surface area contributed by atoms with Gasteiger partial charge in [-0.15, -0.1) is 34.9 Å². The van der Waals surface area contributed by atoms with Gasteiger partial charge >= 0.3 is 93.3 Å². The van der Waals surface area contributed by atoms with E-state index in [1.165, 1.54) is 273 Å². The second kappa shape index (κ2) is 27.3.